The van der Waals surface area contributed by atoms with Crippen molar-refractivity contribution < 1.29 is 9.59 Å². The van der Waals surface area contributed by atoms with Crippen LogP contribution in [0, 0.1) is 5.92 Å². The summed E-state index contributed by atoms with van der Waals surface area (Å²) in [5, 5.41) is 2.82. The minimum Gasteiger partial charge on any atom is -0.342 e. The molecule has 4 heteroatoms. The molecule has 2 amide bonds. The first kappa shape index (κ1) is 15.5. The summed E-state index contributed by atoms with van der Waals surface area (Å²) in [6.45, 7) is 6.35. The highest BCUT2D eigenvalue weighted by atomic mass is 16.2. The fourth-order valence-corrected chi connectivity index (χ4v) is 2.70. The lowest BCUT2D eigenvalue weighted by Gasteiger charge is -2.38. The number of nitrogens with one attached hydrogen (secondary N) is 1. The number of piperazine rings is 1. The van der Waals surface area contributed by atoms with Gasteiger partial charge in [-0.3, -0.25) is 9.59 Å². The van der Waals surface area contributed by atoms with Gasteiger partial charge in [0.15, 0.2) is 0 Å². The number of carbonyl (C=O) groups is 2. The summed E-state index contributed by atoms with van der Waals surface area (Å²) in [6, 6.07) is 9.46. The lowest BCUT2D eigenvalue weighted by atomic mass is 9.98. The van der Waals surface area contributed by atoms with Gasteiger partial charge >= 0.3 is 0 Å². The fraction of sp³-hybridized carbons (Fsp3) is 0.529. The third-order valence-electron chi connectivity index (χ3n) is 4.07. The van der Waals surface area contributed by atoms with Gasteiger partial charge in [0.05, 0.1) is 0 Å². The van der Waals surface area contributed by atoms with E-state index in [1.165, 1.54) is 5.56 Å². The maximum absolute atomic E-state index is 12.5. The molecule has 4 nitrogen and oxygen atoms in total. The maximum Gasteiger partial charge on any atom is 0.246 e. The molecule has 0 saturated carbocycles. The third-order valence-corrected chi connectivity index (χ3v) is 4.07. The van der Waals surface area contributed by atoms with Gasteiger partial charge in [0.25, 0.3) is 0 Å². The number of carbonyl (C=O) groups excluding carboxylic acids is 2. The predicted octanol–water partition coefficient (Wildman–Crippen LogP) is 1.99. The van der Waals surface area contributed by atoms with E-state index in [0.29, 0.717) is 6.54 Å². The van der Waals surface area contributed by atoms with Crippen LogP contribution in [0.3, 0.4) is 0 Å². The van der Waals surface area contributed by atoms with E-state index in [0.717, 1.165) is 12.8 Å². The third kappa shape index (κ3) is 3.63. The molecule has 0 bridgehead atoms. The van der Waals surface area contributed by atoms with E-state index in [4.69, 9.17) is 0 Å². The average Bonchev–Trinajstić information content (AvgIpc) is 2.47. The Morgan fingerprint density at radius 2 is 1.86 bits per heavy atom. The molecule has 1 N–H and O–H groups in total. The summed E-state index contributed by atoms with van der Waals surface area (Å²) in [5.41, 5.74) is 1.26. The van der Waals surface area contributed by atoms with E-state index < -0.39 is 0 Å². The van der Waals surface area contributed by atoms with Crippen LogP contribution in [0.25, 0.3) is 0 Å². The maximum atomic E-state index is 12.5. The number of hydrogen-bond acceptors (Lipinski definition) is 2. The van der Waals surface area contributed by atoms with Crippen molar-refractivity contribution in [1.29, 1.82) is 0 Å². The largest absolute Gasteiger partial charge is 0.342 e. The molecule has 1 aromatic rings. The van der Waals surface area contributed by atoms with E-state index in [9.17, 15) is 9.59 Å². The van der Waals surface area contributed by atoms with Crippen LogP contribution < -0.4 is 5.32 Å². The van der Waals surface area contributed by atoms with E-state index in [1.54, 1.807) is 11.8 Å². The Morgan fingerprint density at radius 3 is 2.48 bits per heavy atom. The first-order valence-electron chi connectivity index (χ1n) is 7.65. The van der Waals surface area contributed by atoms with Gasteiger partial charge in [-0.2, -0.15) is 0 Å². The second kappa shape index (κ2) is 6.74. The number of hydrogen-bond donors (Lipinski definition) is 1. The van der Waals surface area contributed by atoms with Crippen LogP contribution in [0.4, 0.5) is 0 Å². The minimum absolute atomic E-state index is 0.0464. The van der Waals surface area contributed by atoms with Crippen LogP contribution in [0.5, 0.6) is 0 Å². The zero-order valence-electron chi connectivity index (χ0n) is 13.0. The predicted molar refractivity (Wildman–Crippen MR) is 82.7 cm³/mol. The Kier molecular flexibility index (Phi) is 4.99. The molecule has 0 radical (unpaired) electrons. The van der Waals surface area contributed by atoms with Gasteiger partial charge in [0.1, 0.15) is 12.1 Å². The molecule has 21 heavy (non-hydrogen) atoms. The van der Waals surface area contributed by atoms with Crippen molar-refractivity contribution in [1.82, 2.24) is 10.2 Å². The molecule has 1 aromatic carbocycles. The van der Waals surface area contributed by atoms with E-state index >= 15 is 0 Å². The summed E-state index contributed by atoms with van der Waals surface area (Å²) in [4.78, 5) is 26.2. The van der Waals surface area contributed by atoms with Crippen molar-refractivity contribution in [2.45, 2.75) is 45.7 Å². The van der Waals surface area contributed by atoms with Crippen molar-refractivity contribution >= 4 is 11.8 Å². The van der Waals surface area contributed by atoms with Crippen LogP contribution in [0.2, 0.25) is 0 Å². The number of aryl methyl sites for hydroxylation is 1. The van der Waals surface area contributed by atoms with Gasteiger partial charge in [0.2, 0.25) is 11.8 Å². The minimum atomic E-state index is -0.384. The molecule has 2 atom stereocenters. The smallest absolute Gasteiger partial charge is 0.246 e. The Hall–Kier alpha value is -1.84. The molecule has 2 unspecified atom stereocenters. The highest BCUT2D eigenvalue weighted by molar-refractivity contribution is 5.96. The van der Waals surface area contributed by atoms with Crippen molar-refractivity contribution in [2.75, 3.05) is 6.54 Å². The normalized spacial score (nSPS) is 22.6. The zero-order chi connectivity index (χ0) is 15.4. The SMILES string of the molecule is CC(C)C1NC(=O)C(C)N(CCCc2ccccc2)C1=O. The topological polar surface area (TPSA) is 49.4 Å². The van der Waals surface area contributed by atoms with Gasteiger partial charge in [-0.25, -0.2) is 0 Å². The van der Waals surface area contributed by atoms with Gasteiger partial charge in [0, 0.05) is 6.54 Å². The van der Waals surface area contributed by atoms with Gasteiger partial charge in [-0.05, 0) is 31.2 Å². The van der Waals surface area contributed by atoms with Crippen LogP contribution >= 0.6 is 0 Å². The number of nitrogens with zero attached hydrogens (tertiary/aromatic N) is 1. The molecule has 0 aliphatic carbocycles. The van der Waals surface area contributed by atoms with E-state index in [1.807, 2.05) is 32.0 Å². The molecular weight excluding hydrogens is 264 g/mol. The lowest BCUT2D eigenvalue weighted by Crippen LogP contribution is -2.63. The van der Waals surface area contributed by atoms with Gasteiger partial charge < -0.3 is 10.2 Å². The van der Waals surface area contributed by atoms with E-state index in [2.05, 4.69) is 17.4 Å². The molecule has 0 aromatic heterocycles. The van der Waals surface area contributed by atoms with Crippen LogP contribution in [0.15, 0.2) is 30.3 Å². The van der Waals surface area contributed by atoms with Crippen molar-refractivity contribution in [3.05, 3.63) is 35.9 Å². The van der Waals surface area contributed by atoms with Crippen molar-refractivity contribution in [3.63, 3.8) is 0 Å². The van der Waals surface area contributed by atoms with Gasteiger partial charge in [-0.1, -0.05) is 44.2 Å². The van der Waals surface area contributed by atoms with E-state index in [-0.39, 0.29) is 29.8 Å². The standard InChI is InChI=1S/C17H24N2O2/c1-12(2)15-17(21)19(13(3)16(20)18-15)11-7-10-14-8-5-4-6-9-14/h4-6,8-9,12-13,15H,7,10-11H2,1-3H3,(H,18,20). The Balaban J connectivity index is 1.96. The Bertz CT molecular complexity index is 499. The van der Waals surface area contributed by atoms with Crippen LogP contribution in [0.1, 0.15) is 32.8 Å². The first-order chi connectivity index (χ1) is 10.0. The van der Waals surface area contributed by atoms with Crippen LogP contribution in [-0.2, 0) is 16.0 Å². The summed E-state index contributed by atoms with van der Waals surface area (Å²) in [7, 11) is 0. The zero-order valence-corrected chi connectivity index (χ0v) is 13.0. The number of rotatable bonds is 5. The molecular formula is C17H24N2O2. The molecule has 1 heterocycles. The summed E-state index contributed by atoms with van der Waals surface area (Å²) in [6.07, 6.45) is 1.80. The molecule has 1 saturated heterocycles. The molecule has 1 aliphatic heterocycles. The average molecular weight is 288 g/mol. The van der Waals surface area contributed by atoms with Gasteiger partial charge in [-0.15, -0.1) is 0 Å². The highest BCUT2D eigenvalue weighted by Gasteiger charge is 2.38. The second-order valence-corrected chi connectivity index (χ2v) is 6.03. The first-order valence-corrected chi connectivity index (χ1v) is 7.65. The molecule has 1 fully saturated rings. The Morgan fingerprint density at radius 1 is 1.19 bits per heavy atom. The number of benzene rings is 1. The lowest BCUT2D eigenvalue weighted by molar-refractivity contribution is -0.149. The number of amides is 2. The quantitative estimate of drug-likeness (QED) is 0.901. The summed E-state index contributed by atoms with van der Waals surface area (Å²) >= 11 is 0. The van der Waals surface area contributed by atoms with Crippen molar-refractivity contribution in [3.8, 4) is 0 Å². The molecule has 1 aliphatic rings. The second-order valence-electron chi connectivity index (χ2n) is 6.03. The Labute approximate surface area is 126 Å². The fourth-order valence-electron chi connectivity index (χ4n) is 2.70. The monoisotopic (exact) mass is 288 g/mol. The van der Waals surface area contributed by atoms with Crippen molar-refractivity contribution in [2.24, 2.45) is 5.92 Å². The summed E-state index contributed by atoms with van der Waals surface area (Å²) in [5.74, 6) is 0.115. The summed E-state index contributed by atoms with van der Waals surface area (Å²) < 4.78 is 0. The molecule has 2 rings (SSSR count). The highest BCUT2D eigenvalue weighted by Crippen LogP contribution is 2.16. The van der Waals surface area contributed by atoms with Crippen LogP contribution in [-0.4, -0.2) is 35.3 Å². The molecule has 114 valence electrons. The molecule has 0 spiro atoms.